The minimum atomic E-state index is -3.35. The van der Waals surface area contributed by atoms with E-state index in [1.54, 1.807) is 6.92 Å². The maximum Gasteiger partial charge on any atom is 0.197 e. The van der Waals surface area contributed by atoms with E-state index in [4.69, 9.17) is 17.3 Å². The Morgan fingerprint density at radius 1 is 1.57 bits per heavy atom. The lowest BCUT2D eigenvalue weighted by Gasteiger charge is -2.04. The Bertz CT molecular complexity index is 431. The molecule has 0 aliphatic rings. The molecule has 0 atom stereocenters. The van der Waals surface area contributed by atoms with Gasteiger partial charge >= 0.3 is 0 Å². The number of nitrogens with two attached hydrogens (primary N) is 1. The van der Waals surface area contributed by atoms with Gasteiger partial charge in [0.2, 0.25) is 0 Å². The highest BCUT2D eigenvalue weighted by Crippen LogP contribution is 2.20. The first kappa shape index (κ1) is 11.3. The molecule has 1 rings (SSSR count). The van der Waals surface area contributed by atoms with Crippen LogP contribution in [0.25, 0.3) is 0 Å². The standard InChI is InChI=1S/C8H11ClN2O2S/c1-2-3-14(12,13)8-7(10)4-6(9)5-11-8/h4-5H,2-3,10H2,1H3. The van der Waals surface area contributed by atoms with Crippen molar-refractivity contribution in [2.75, 3.05) is 11.5 Å². The number of nitrogens with zero attached hydrogens (tertiary/aromatic N) is 1. The van der Waals surface area contributed by atoms with Gasteiger partial charge in [0, 0.05) is 6.20 Å². The van der Waals surface area contributed by atoms with E-state index in [1.165, 1.54) is 12.3 Å². The third-order valence-electron chi connectivity index (χ3n) is 1.61. The number of hydrogen-bond donors (Lipinski definition) is 1. The second kappa shape index (κ2) is 4.14. The molecule has 0 spiro atoms. The number of pyridine rings is 1. The molecule has 0 saturated heterocycles. The average molecular weight is 235 g/mol. The highest BCUT2D eigenvalue weighted by Gasteiger charge is 2.18. The van der Waals surface area contributed by atoms with Crippen LogP contribution in [-0.2, 0) is 9.84 Å². The van der Waals surface area contributed by atoms with Gasteiger partial charge in [-0.15, -0.1) is 0 Å². The minimum Gasteiger partial charge on any atom is -0.396 e. The van der Waals surface area contributed by atoms with Crippen molar-refractivity contribution in [1.29, 1.82) is 0 Å². The number of anilines is 1. The number of rotatable bonds is 3. The second-order valence-electron chi connectivity index (χ2n) is 2.87. The summed E-state index contributed by atoms with van der Waals surface area (Å²) in [5.74, 6) is 0.0475. The van der Waals surface area contributed by atoms with Crippen LogP contribution in [0.1, 0.15) is 13.3 Å². The molecule has 6 heteroatoms. The van der Waals surface area contributed by atoms with Crippen LogP contribution < -0.4 is 5.73 Å². The predicted molar refractivity (Wildman–Crippen MR) is 56.0 cm³/mol. The SMILES string of the molecule is CCCS(=O)(=O)c1ncc(Cl)cc1N. The lowest BCUT2D eigenvalue weighted by molar-refractivity contribution is 0.591. The first-order valence-electron chi connectivity index (χ1n) is 4.11. The quantitative estimate of drug-likeness (QED) is 0.860. The molecule has 0 aliphatic carbocycles. The van der Waals surface area contributed by atoms with Gasteiger partial charge in [-0.25, -0.2) is 13.4 Å². The van der Waals surface area contributed by atoms with E-state index in [2.05, 4.69) is 4.98 Å². The maximum absolute atomic E-state index is 11.6. The predicted octanol–water partition coefficient (Wildman–Crippen LogP) is 1.50. The highest BCUT2D eigenvalue weighted by atomic mass is 35.5. The van der Waals surface area contributed by atoms with Crippen LogP contribution in [0.15, 0.2) is 17.3 Å². The molecule has 0 bridgehead atoms. The highest BCUT2D eigenvalue weighted by molar-refractivity contribution is 7.91. The molecule has 14 heavy (non-hydrogen) atoms. The van der Waals surface area contributed by atoms with E-state index in [0.29, 0.717) is 11.4 Å². The molecule has 0 saturated carbocycles. The molecule has 0 unspecified atom stereocenters. The van der Waals surface area contributed by atoms with E-state index < -0.39 is 9.84 Å². The molecular formula is C8H11ClN2O2S. The Balaban J connectivity index is 3.20. The van der Waals surface area contributed by atoms with Crippen molar-refractivity contribution in [3.8, 4) is 0 Å². The third-order valence-corrected chi connectivity index (χ3v) is 3.70. The summed E-state index contributed by atoms with van der Waals surface area (Å²) in [6, 6.07) is 1.39. The molecule has 0 fully saturated rings. The maximum atomic E-state index is 11.6. The zero-order chi connectivity index (χ0) is 10.8. The van der Waals surface area contributed by atoms with Crippen molar-refractivity contribution in [3.05, 3.63) is 17.3 Å². The van der Waals surface area contributed by atoms with Crippen molar-refractivity contribution < 1.29 is 8.42 Å². The van der Waals surface area contributed by atoms with E-state index in [0.717, 1.165) is 0 Å². The van der Waals surface area contributed by atoms with Crippen LogP contribution in [-0.4, -0.2) is 19.2 Å². The van der Waals surface area contributed by atoms with E-state index in [-0.39, 0.29) is 16.5 Å². The van der Waals surface area contributed by atoms with Crippen LogP contribution in [0.2, 0.25) is 5.02 Å². The summed E-state index contributed by atoms with van der Waals surface area (Å²) in [6.45, 7) is 1.78. The van der Waals surface area contributed by atoms with Gasteiger partial charge in [0.05, 0.1) is 16.5 Å². The fourth-order valence-corrected chi connectivity index (χ4v) is 2.60. The monoisotopic (exact) mass is 234 g/mol. The van der Waals surface area contributed by atoms with E-state index in [9.17, 15) is 8.42 Å². The summed E-state index contributed by atoms with van der Waals surface area (Å²) in [5, 5.41) is 0.252. The zero-order valence-corrected chi connectivity index (χ0v) is 9.27. The van der Waals surface area contributed by atoms with Gasteiger partial charge in [0.25, 0.3) is 0 Å². The van der Waals surface area contributed by atoms with E-state index >= 15 is 0 Å². The lowest BCUT2D eigenvalue weighted by atomic mass is 10.4. The summed E-state index contributed by atoms with van der Waals surface area (Å²) >= 11 is 5.61. The van der Waals surface area contributed by atoms with Crippen molar-refractivity contribution in [2.24, 2.45) is 0 Å². The van der Waals surface area contributed by atoms with Crippen molar-refractivity contribution in [3.63, 3.8) is 0 Å². The fraction of sp³-hybridized carbons (Fsp3) is 0.375. The van der Waals surface area contributed by atoms with Crippen LogP contribution in [0.3, 0.4) is 0 Å². The Morgan fingerprint density at radius 2 is 2.21 bits per heavy atom. The number of aromatic nitrogens is 1. The van der Waals surface area contributed by atoms with Crippen molar-refractivity contribution in [1.82, 2.24) is 4.98 Å². The Kier molecular flexibility index (Phi) is 3.34. The van der Waals surface area contributed by atoms with Crippen LogP contribution >= 0.6 is 11.6 Å². The normalized spacial score (nSPS) is 11.6. The molecule has 0 radical (unpaired) electrons. The summed E-state index contributed by atoms with van der Waals surface area (Å²) in [6.07, 6.45) is 1.81. The van der Waals surface area contributed by atoms with Crippen molar-refractivity contribution >= 4 is 27.1 Å². The van der Waals surface area contributed by atoms with Crippen LogP contribution in [0, 0.1) is 0 Å². The molecular weight excluding hydrogens is 224 g/mol. The Morgan fingerprint density at radius 3 is 2.71 bits per heavy atom. The van der Waals surface area contributed by atoms with Gasteiger partial charge in [-0.3, -0.25) is 0 Å². The van der Waals surface area contributed by atoms with Gasteiger partial charge < -0.3 is 5.73 Å². The van der Waals surface area contributed by atoms with Crippen LogP contribution in [0.5, 0.6) is 0 Å². The fourth-order valence-electron chi connectivity index (χ4n) is 1.07. The van der Waals surface area contributed by atoms with Gasteiger partial charge in [0.1, 0.15) is 0 Å². The number of hydrogen-bond acceptors (Lipinski definition) is 4. The van der Waals surface area contributed by atoms with Crippen molar-refractivity contribution in [2.45, 2.75) is 18.4 Å². The van der Waals surface area contributed by atoms with Gasteiger partial charge in [-0.2, -0.15) is 0 Å². The summed E-state index contributed by atoms with van der Waals surface area (Å²) in [5.41, 5.74) is 5.61. The molecule has 1 aromatic rings. The average Bonchev–Trinajstić information content (AvgIpc) is 2.02. The summed E-state index contributed by atoms with van der Waals surface area (Å²) in [4.78, 5) is 3.72. The molecule has 78 valence electrons. The van der Waals surface area contributed by atoms with Crippen LogP contribution in [0.4, 0.5) is 5.69 Å². The molecule has 0 aliphatic heterocycles. The molecule has 1 heterocycles. The summed E-state index contributed by atoms with van der Waals surface area (Å²) in [7, 11) is -3.35. The minimum absolute atomic E-state index is 0.0475. The summed E-state index contributed by atoms with van der Waals surface area (Å²) < 4.78 is 23.2. The molecule has 0 aromatic carbocycles. The first-order chi connectivity index (χ1) is 6.47. The smallest absolute Gasteiger partial charge is 0.197 e. The second-order valence-corrected chi connectivity index (χ2v) is 5.33. The largest absolute Gasteiger partial charge is 0.396 e. The van der Waals surface area contributed by atoms with Gasteiger partial charge in [-0.1, -0.05) is 18.5 Å². The molecule has 0 amide bonds. The van der Waals surface area contributed by atoms with Gasteiger partial charge in [-0.05, 0) is 12.5 Å². The van der Waals surface area contributed by atoms with E-state index in [1.807, 2.05) is 0 Å². The molecule has 4 nitrogen and oxygen atoms in total. The number of nitrogen functional groups attached to an aromatic ring is 1. The zero-order valence-electron chi connectivity index (χ0n) is 7.70. The lowest BCUT2D eigenvalue weighted by Crippen LogP contribution is -2.10. The van der Waals surface area contributed by atoms with Gasteiger partial charge in [0.15, 0.2) is 14.9 Å². The number of halogens is 1. The topological polar surface area (TPSA) is 73.0 Å². The Labute approximate surface area is 88.0 Å². The first-order valence-corrected chi connectivity index (χ1v) is 6.14. The number of sulfone groups is 1. The Hall–Kier alpha value is -0.810. The molecule has 1 aromatic heterocycles. The molecule has 2 N–H and O–H groups in total. The third kappa shape index (κ3) is 2.36.